The van der Waals surface area contributed by atoms with Crippen LogP contribution in [-0.4, -0.2) is 37.5 Å². The number of carbonyl (C=O) groups is 1. The number of nitrogens with one attached hydrogen (secondary N) is 1. The van der Waals surface area contributed by atoms with Crippen molar-refractivity contribution in [2.24, 2.45) is 5.92 Å². The van der Waals surface area contributed by atoms with E-state index >= 15 is 0 Å². The van der Waals surface area contributed by atoms with E-state index in [-0.39, 0.29) is 18.3 Å². The molecule has 1 aromatic rings. The fourth-order valence-corrected chi connectivity index (χ4v) is 2.21. The van der Waals surface area contributed by atoms with Gasteiger partial charge >= 0.3 is 0 Å². The fourth-order valence-electron chi connectivity index (χ4n) is 2.21. The summed E-state index contributed by atoms with van der Waals surface area (Å²) in [6, 6.07) is 10.5. The molecule has 0 radical (unpaired) electrons. The average Bonchev–Trinajstić information content (AvgIpc) is 2.33. The van der Waals surface area contributed by atoms with Crippen LogP contribution >= 0.6 is 12.4 Å². The number of amides is 1. The van der Waals surface area contributed by atoms with E-state index in [4.69, 9.17) is 0 Å². The zero-order valence-corrected chi connectivity index (χ0v) is 12.3. The van der Waals surface area contributed by atoms with E-state index < -0.39 is 0 Å². The van der Waals surface area contributed by atoms with Crippen LogP contribution in [0.3, 0.4) is 0 Å². The largest absolute Gasteiger partial charge is 0.345 e. The number of carbonyl (C=O) groups excluding carboxylic acids is 1. The number of hydrogen-bond acceptors (Lipinski definition) is 2. The minimum Gasteiger partial charge on any atom is -0.345 e. The van der Waals surface area contributed by atoms with E-state index in [1.165, 1.54) is 5.56 Å². The molecular weight excluding hydrogens is 260 g/mol. The van der Waals surface area contributed by atoms with Crippen molar-refractivity contribution in [1.82, 2.24) is 10.2 Å². The summed E-state index contributed by atoms with van der Waals surface area (Å²) in [4.78, 5) is 13.8. The van der Waals surface area contributed by atoms with Gasteiger partial charge in [-0.25, -0.2) is 0 Å². The Morgan fingerprint density at radius 2 is 1.95 bits per heavy atom. The molecule has 0 atom stereocenters. The summed E-state index contributed by atoms with van der Waals surface area (Å²) in [5.74, 6) is 0.526. The van der Waals surface area contributed by atoms with Gasteiger partial charge in [0.15, 0.2) is 0 Å². The number of benzene rings is 1. The molecule has 0 aliphatic carbocycles. The van der Waals surface area contributed by atoms with E-state index in [2.05, 4.69) is 29.6 Å². The number of hydrogen-bond donors (Lipinski definition) is 1. The third-order valence-electron chi connectivity index (χ3n) is 3.56. The Kier molecular flexibility index (Phi) is 6.89. The van der Waals surface area contributed by atoms with Gasteiger partial charge in [-0.3, -0.25) is 4.79 Å². The number of rotatable bonds is 6. The van der Waals surface area contributed by atoms with Crippen molar-refractivity contribution in [2.75, 3.05) is 26.7 Å². The first-order chi connectivity index (χ1) is 8.77. The van der Waals surface area contributed by atoms with E-state index in [1.807, 2.05) is 18.0 Å². The minimum absolute atomic E-state index is 0. The third-order valence-corrected chi connectivity index (χ3v) is 3.56. The molecule has 1 heterocycles. The zero-order valence-electron chi connectivity index (χ0n) is 11.5. The SMILES string of the molecule is CN(CCCCc1ccccc1)C(=O)C1CNC1.Cl. The Labute approximate surface area is 121 Å². The van der Waals surface area contributed by atoms with Gasteiger partial charge in [0, 0.05) is 26.7 Å². The topological polar surface area (TPSA) is 32.3 Å². The van der Waals surface area contributed by atoms with Crippen molar-refractivity contribution in [2.45, 2.75) is 19.3 Å². The van der Waals surface area contributed by atoms with Gasteiger partial charge in [0.1, 0.15) is 0 Å². The minimum atomic E-state index is 0. The summed E-state index contributed by atoms with van der Waals surface area (Å²) in [5, 5.41) is 3.14. The monoisotopic (exact) mass is 282 g/mol. The van der Waals surface area contributed by atoms with E-state index in [0.717, 1.165) is 38.9 Å². The predicted molar refractivity (Wildman–Crippen MR) is 80.6 cm³/mol. The Hall–Kier alpha value is -1.06. The summed E-state index contributed by atoms with van der Waals surface area (Å²) in [5.41, 5.74) is 1.38. The van der Waals surface area contributed by atoms with E-state index in [9.17, 15) is 4.79 Å². The highest BCUT2D eigenvalue weighted by atomic mass is 35.5. The highest BCUT2D eigenvalue weighted by Crippen LogP contribution is 2.09. The van der Waals surface area contributed by atoms with E-state index in [0.29, 0.717) is 5.91 Å². The van der Waals surface area contributed by atoms with Crippen molar-refractivity contribution in [3.63, 3.8) is 0 Å². The normalized spacial score (nSPS) is 14.4. The summed E-state index contributed by atoms with van der Waals surface area (Å²) in [7, 11) is 1.92. The summed E-state index contributed by atoms with van der Waals surface area (Å²) in [6.45, 7) is 2.59. The van der Waals surface area contributed by atoms with Crippen LogP contribution in [0.5, 0.6) is 0 Å². The molecule has 19 heavy (non-hydrogen) atoms. The van der Waals surface area contributed by atoms with Crippen LogP contribution in [0.25, 0.3) is 0 Å². The van der Waals surface area contributed by atoms with Crippen molar-refractivity contribution in [3.05, 3.63) is 35.9 Å². The second kappa shape index (κ2) is 8.18. The van der Waals surface area contributed by atoms with Crippen LogP contribution in [0, 0.1) is 5.92 Å². The highest BCUT2D eigenvalue weighted by molar-refractivity contribution is 5.85. The summed E-state index contributed by atoms with van der Waals surface area (Å²) >= 11 is 0. The quantitative estimate of drug-likeness (QED) is 0.811. The van der Waals surface area contributed by atoms with Crippen molar-refractivity contribution in [1.29, 1.82) is 0 Å². The highest BCUT2D eigenvalue weighted by Gasteiger charge is 2.26. The van der Waals surface area contributed by atoms with Gasteiger partial charge in [0.2, 0.25) is 5.91 Å². The van der Waals surface area contributed by atoms with Crippen LogP contribution < -0.4 is 5.32 Å². The maximum atomic E-state index is 11.9. The first kappa shape index (κ1) is 16.0. The molecule has 1 aromatic carbocycles. The number of aryl methyl sites for hydroxylation is 1. The number of unbranched alkanes of at least 4 members (excludes halogenated alkanes) is 1. The standard InChI is InChI=1S/C15H22N2O.ClH/c1-17(15(18)14-11-16-12-14)10-6-5-9-13-7-3-2-4-8-13;/h2-4,7-8,14,16H,5-6,9-12H2,1H3;1H. The Morgan fingerprint density at radius 3 is 2.53 bits per heavy atom. The molecule has 1 fully saturated rings. The number of halogens is 1. The van der Waals surface area contributed by atoms with Crippen LogP contribution in [0.15, 0.2) is 30.3 Å². The van der Waals surface area contributed by atoms with Gasteiger partial charge < -0.3 is 10.2 Å². The molecule has 1 aliphatic rings. The first-order valence-corrected chi connectivity index (χ1v) is 6.77. The number of nitrogens with zero attached hydrogens (tertiary/aromatic N) is 1. The molecule has 106 valence electrons. The molecule has 1 amide bonds. The van der Waals surface area contributed by atoms with Gasteiger partial charge in [-0.2, -0.15) is 0 Å². The molecule has 0 spiro atoms. The summed E-state index contributed by atoms with van der Waals surface area (Å²) in [6.07, 6.45) is 3.33. The van der Waals surface area contributed by atoms with E-state index in [1.54, 1.807) is 0 Å². The molecule has 0 bridgehead atoms. The molecule has 3 nitrogen and oxygen atoms in total. The van der Waals surface area contributed by atoms with Crippen molar-refractivity contribution < 1.29 is 4.79 Å². The van der Waals surface area contributed by atoms with Crippen LogP contribution in [-0.2, 0) is 11.2 Å². The lowest BCUT2D eigenvalue weighted by Gasteiger charge is -2.30. The lowest BCUT2D eigenvalue weighted by molar-refractivity contribution is -0.135. The van der Waals surface area contributed by atoms with Crippen LogP contribution in [0.2, 0.25) is 0 Å². The summed E-state index contributed by atoms with van der Waals surface area (Å²) < 4.78 is 0. The molecular formula is C15H23ClN2O. The Balaban J connectivity index is 0.00000180. The second-order valence-electron chi connectivity index (χ2n) is 5.06. The van der Waals surface area contributed by atoms with Gasteiger partial charge in [0.05, 0.1) is 5.92 Å². The predicted octanol–water partition coefficient (Wildman–Crippen LogP) is 2.11. The maximum Gasteiger partial charge on any atom is 0.227 e. The van der Waals surface area contributed by atoms with Crippen molar-refractivity contribution >= 4 is 18.3 Å². The fraction of sp³-hybridized carbons (Fsp3) is 0.533. The average molecular weight is 283 g/mol. The van der Waals surface area contributed by atoms with Crippen LogP contribution in [0.4, 0.5) is 0 Å². The molecule has 0 aromatic heterocycles. The molecule has 0 unspecified atom stereocenters. The molecule has 1 aliphatic heterocycles. The first-order valence-electron chi connectivity index (χ1n) is 6.77. The third kappa shape index (κ3) is 4.84. The second-order valence-corrected chi connectivity index (χ2v) is 5.06. The molecule has 2 rings (SSSR count). The van der Waals surface area contributed by atoms with Gasteiger partial charge in [-0.1, -0.05) is 30.3 Å². The Morgan fingerprint density at radius 1 is 1.26 bits per heavy atom. The maximum absolute atomic E-state index is 11.9. The molecule has 4 heteroatoms. The zero-order chi connectivity index (χ0) is 12.8. The molecule has 1 saturated heterocycles. The Bertz CT molecular complexity index is 379. The molecule has 0 saturated carbocycles. The van der Waals surface area contributed by atoms with Crippen molar-refractivity contribution in [3.8, 4) is 0 Å². The van der Waals surface area contributed by atoms with Gasteiger partial charge in [-0.15, -0.1) is 12.4 Å². The lowest BCUT2D eigenvalue weighted by Crippen LogP contribution is -2.51. The van der Waals surface area contributed by atoms with Gasteiger partial charge in [-0.05, 0) is 24.8 Å². The smallest absolute Gasteiger partial charge is 0.227 e. The molecule has 1 N–H and O–H groups in total. The van der Waals surface area contributed by atoms with Crippen LogP contribution in [0.1, 0.15) is 18.4 Å². The van der Waals surface area contributed by atoms with Gasteiger partial charge in [0.25, 0.3) is 0 Å². The lowest BCUT2D eigenvalue weighted by atomic mass is 10.0.